The number of hydrogen-bond donors (Lipinski definition) is 1. The van der Waals surface area contributed by atoms with Crippen LogP contribution in [-0.2, 0) is 27.1 Å². The molecule has 28 heavy (non-hydrogen) atoms. The summed E-state index contributed by atoms with van der Waals surface area (Å²) in [5, 5.41) is 21.0. The van der Waals surface area contributed by atoms with Gasteiger partial charge in [-0.3, -0.25) is 19.0 Å². The molecule has 0 fully saturated rings. The van der Waals surface area contributed by atoms with Crippen molar-refractivity contribution in [1.82, 2.24) is 24.5 Å². The van der Waals surface area contributed by atoms with Crippen LogP contribution in [-0.4, -0.2) is 42.8 Å². The average molecular weight is 395 g/mol. The van der Waals surface area contributed by atoms with Crippen LogP contribution >= 0.6 is 11.3 Å². The number of nitrogens with zero attached hydrogens (tertiary/aromatic N) is 6. The summed E-state index contributed by atoms with van der Waals surface area (Å²) in [6.45, 7) is 0.917. The second kappa shape index (κ2) is 6.94. The molecule has 0 radical (unpaired) electrons. The van der Waals surface area contributed by atoms with Gasteiger partial charge in [0.2, 0.25) is 0 Å². The Labute approximate surface area is 164 Å². The van der Waals surface area contributed by atoms with E-state index in [-0.39, 0.29) is 11.8 Å². The largest absolute Gasteiger partial charge is 0.332 e. The Bertz CT molecular complexity index is 1120. The maximum absolute atomic E-state index is 12.7. The minimum Gasteiger partial charge on any atom is -0.332 e. The predicted octanol–water partition coefficient (Wildman–Crippen LogP) is 1.54. The Morgan fingerprint density at radius 1 is 1.32 bits per heavy atom. The number of amides is 2. The van der Waals surface area contributed by atoms with E-state index < -0.39 is 0 Å². The van der Waals surface area contributed by atoms with Crippen LogP contribution < -0.4 is 5.32 Å². The van der Waals surface area contributed by atoms with Crippen molar-refractivity contribution < 1.29 is 9.59 Å². The highest BCUT2D eigenvalue weighted by Gasteiger charge is 2.29. The lowest BCUT2D eigenvalue weighted by molar-refractivity contribution is 0.0725. The predicted molar refractivity (Wildman–Crippen MR) is 102 cm³/mol. The first-order valence-electron chi connectivity index (χ1n) is 8.60. The van der Waals surface area contributed by atoms with E-state index in [0.29, 0.717) is 41.3 Å². The van der Waals surface area contributed by atoms with Crippen LogP contribution in [0.1, 0.15) is 36.9 Å². The van der Waals surface area contributed by atoms with Gasteiger partial charge in [0.15, 0.2) is 0 Å². The van der Waals surface area contributed by atoms with Crippen LogP contribution in [0.3, 0.4) is 0 Å². The summed E-state index contributed by atoms with van der Waals surface area (Å²) >= 11 is 1.34. The number of rotatable bonds is 3. The number of anilines is 1. The van der Waals surface area contributed by atoms with Gasteiger partial charge in [-0.1, -0.05) is 0 Å². The molecule has 0 saturated heterocycles. The molecule has 0 bridgehead atoms. The number of carbonyl (C=O) groups excluding carboxylic acids is 2. The first-order chi connectivity index (χ1) is 13.5. The summed E-state index contributed by atoms with van der Waals surface area (Å²) in [5.41, 5.74) is 2.32. The van der Waals surface area contributed by atoms with E-state index in [9.17, 15) is 14.9 Å². The first-order valence-corrected chi connectivity index (χ1v) is 9.41. The minimum atomic E-state index is -0.314. The van der Waals surface area contributed by atoms with Gasteiger partial charge in [0.05, 0.1) is 23.9 Å². The molecule has 9 nitrogen and oxygen atoms in total. The minimum absolute atomic E-state index is 0.0986. The smallest absolute Gasteiger partial charge is 0.272 e. The molecule has 2 amide bonds. The number of fused-ring (bicyclic) bond motifs is 1. The molecule has 0 saturated carbocycles. The summed E-state index contributed by atoms with van der Waals surface area (Å²) in [6, 6.07) is 3.89. The van der Waals surface area contributed by atoms with Crippen LogP contribution in [0.5, 0.6) is 0 Å². The monoisotopic (exact) mass is 395 g/mol. The molecule has 0 aliphatic carbocycles. The molecule has 10 heteroatoms. The third kappa shape index (κ3) is 3.05. The second-order valence-electron chi connectivity index (χ2n) is 6.49. The Hall–Kier alpha value is -3.45. The van der Waals surface area contributed by atoms with Crippen molar-refractivity contribution in [3.63, 3.8) is 0 Å². The lowest BCUT2D eigenvalue weighted by Crippen LogP contribution is -2.36. The van der Waals surface area contributed by atoms with E-state index in [0.717, 1.165) is 10.4 Å². The lowest BCUT2D eigenvalue weighted by atomic mass is 10.0. The van der Waals surface area contributed by atoms with E-state index in [1.54, 1.807) is 46.8 Å². The Morgan fingerprint density at radius 3 is 2.79 bits per heavy atom. The van der Waals surface area contributed by atoms with Gasteiger partial charge in [-0.25, -0.2) is 0 Å². The zero-order valence-corrected chi connectivity index (χ0v) is 16.2. The highest BCUT2D eigenvalue weighted by Crippen LogP contribution is 2.37. The van der Waals surface area contributed by atoms with Crippen LogP contribution in [0.15, 0.2) is 24.7 Å². The molecule has 0 atom stereocenters. The van der Waals surface area contributed by atoms with Gasteiger partial charge >= 0.3 is 0 Å². The SMILES string of the molecule is Cn1cc(C(=O)Nc2sc3c(c2C#N)CCN(C(=O)c2ccnn2C)C3)cn1. The molecular weight excluding hydrogens is 378 g/mol. The van der Waals surface area contributed by atoms with Crippen molar-refractivity contribution in [3.8, 4) is 6.07 Å². The van der Waals surface area contributed by atoms with Gasteiger partial charge in [-0.05, 0) is 18.1 Å². The number of nitriles is 1. The van der Waals surface area contributed by atoms with Crippen molar-refractivity contribution in [2.24, 2.45) is 14.1 Å². The number of nitrogens with one attached hydrogen (secondary N) is 1. The maximum atomic E-state index is 12.7. The van der Waals surface area contributed by atoms with Gasteiger partial charge in [0, 0.05) is 37.9 Å². The van der Waals surface area contributed by atoms with Crippen molar-refractivity contribution in [3.05, 3.63) is 51.9 Å². The third-order valence-corrected chi connectivity index (χ3v) is 5.82. The zero-order chi connectivity index (χ0) is 19.8. The number of carbonyl (C=O) groups is 2. The Balaban J connectivity index is 1.58. The molecule has 0 unspecified atom stereocenters. The number of aryl methyl sites for hydroxylation is 2. The number of thiophene rings is 1. The van der Waals surface area contributed by atoms with Gasteiger partial charge in [0.1, 0.15) is 16.8 Å². The van der Waals surface area contributed by atoms with E-state index in [1.165, 1.54) is 17.5 Å². The molecule has 4 rings (SSSR count). The van der Waals surface area contributed by atoms with Gasteiger partial charge in [0.25, 0.3) is 11.8 Å². The van der Waals surface area contributed by atoms with Crippen molar-refractivity contribution in [2.75, 3.05) is 11.9 Å². The molecule has 142 valence electrons. The molecule has 1 N–H and O–H groups in total. The fourth-order valence-electron chi connectivity index (χ4n) is 3.24. The van der Waals surface area contributed by atoms with Crippen molar-refractivity contribution in [1.29, 1.82) is 5.26 Å². The highest BCUT2D eigenvalue weighted by atomic mass is 32.1. The maximum Gasteiger partial charge on any atom is 0.272 e. The van der Waals surface area contributed by atoms with E-state index >= 15 is 0 Å². The summed E-state index contributed by atoms with van der Waals surface area (Å²) in [5.74, 6) is -0.412. The summed E-state index contributed by atoms with van der Waals surface area (Å²) in [6.07, 6.45) is 5.25. The third-order valence-electron chi connectivity index (χ3n) is 4.69. The van der Waals surface area contributed by atoms with Gasteiger partial charge < -0.3 is 10.2 Å². The Morgan fingerprint density at radius 2 is 2.14 bits per heavy atom. The van der Waals surface area contributed by atoms with E-state index in [1.807, 2.05) is 0 Å². The summed E-state index contributed by atoms with van der Waals surface area (Å²) in [4.78, 5) is 27.8. The normalized spacial score (nSPS) is 13.1. The van der Waals surface area contributed by atoms with Gasteiger partial charge in [-0.2, -0.15) is 15.5 Å². The topological polar surface area (TPSA) is 109 Å². The molecule has 3 aromatic heterocycles. The van der Waals surface area contributed by atoms with Crippen LogP contribution in [0, 0.1) is 11.3 Å². The number of aromatic nitrogens is 4. The summed E-state index contributed by atoms with van der Waals surface area (Å²) in [7, 11) is 3.46. The molecular formula is C18H17N7O2S. The Kier molecular flexibility index (Phi) is 4.44. The zero-order valence-electron chi connectivity index (χ0n) is 15.3. The molecule has 1 aliphatic rings. The van der Waals surface area contributed by atoms with Crippen LogP contribution in [0.2, 0.25) is 0 Å². The van der Waals surface area contributed by atoms with Gasteiger partial charge in [-0.15, -0.1) is 11.3 Å². The molecule has 0 spiro atoms. The first kappa shape index (κ1) is 17.9. The van der Waals surface area contributed by atoms with E-state index in [4.69, 9.17) is 0 Å². The molecule has 3 aromatic rings. The quantitative estimate of drug-likeness (QED) is 0.723. The van der Waals surface area contributed by atoms with E-state index in [2.05, 4.69) is 21.6 Å². The highest BCUT2D eigenvalue weighted by molar-refractivity contribution is 7.16. The van der Waals surface area contributed by atoms with Crippen molar-refractivity contribution in [2.45, 2.75) is 13.0 Å². The lowest BCUT2D eigenvalue weighted by Gasteiger charge is -2.26. The second-order valence-corrected chi connectivity index (χ2v) is 7.60. The summed E-state index contributed by atoms with van der Waals surface area (Å²) < 4.78 is 3.09. The standard InChI is InChI=1S/C18H17N7O2S/c1-23-9-11(8-21-23)16(26)22-17-13(7-19)12-4-6-25(10-15(12)28-17)18(27)14-3-5-20-24(14)2/h3,5,8-9H,4,6,10H2,1-2H3,(H,22,26). The fraction of sp³-hybridized carbons (Fsp3) is 0.278. The average Bonchev–Trinajstić information content (AvgIpc) is 3.38. The van der Waals surface area contributed by atoms with Crippen LogP contribution in [0.4, 0.5) is 5.00 Å². The number of hydrogen-bond acceptors (Lipinski definition) is 6. The molecule has 0 aromatic carbocycles. The van der Waals surface area contributed by atoms with Crippen LogP contribution in [0.25, 0.3) is 0 Å². The van der Waals surface area contributed by atoms with Crippen molar-refractivity contribution >= 4 is 28.2 Å². The fourth-order valence-corrected chi connectivity index (χ4v) is 4.45. The molecule has 4 heterocycles. The molecule has 1 aliphatic heterocycles.